The Morgan fingerprint density at radius 1 is 0.773 bits per heavy atom. The molecule has 0 saturated carbocycles. The molecular weight excluding hydrogens is 274 g/mol. The van der Waals surface area contributed by atoms with Crippen LogP contribution in [0.15, 0.2) is 16.8 Å². The minimum absolute atomic E-state index is 0.391. The van der Waals surface area contributed by atoms with Gasteiger partial charge in [-0.15, -0.1) is 0 Å². The SMILES string of the molecule is CC(C)c1cnc(C(C)C)[nH]1.CC(C)c1cnc(C(C)C)o1. The summed E-state index contributed by atoms with van der Waals surface area (Å²) in [5, 5.41) is 0. The van der Waals surface area contributed by atoms with E-state index in [9.17, 15) is 0 Å². The van der Waals surface area contributed by atoms with E-state index in [0.717, 1.165) is 17.5 Å². The van der Waals surface area contributed by atoms with Crippen LogP contribution in [0.3, 0.4) is 0 Å². The Balaban J connectivity index is 0.000000220. The molecule has 2 rings (SSSR count). The van der Waals surface area contributed by atoms with Crippen molar-refractivity contribution >= 4 is 0 Å². The van der Waals surface area contributed by atoms with Crippen LogP contribution in [0.1, 0.15) is 102 Å². The van der Waals surface area contributed by atoms with Crippen LogP contribution < -0.4 is 0 Å². The molecule has 2 heterocycles. The molecule has 22 heavy (non-hydrogen) atoms. The quantitative estimate of drug-likeness (QED) is 0.802. The molecule has 2 aromatic heterocycles. The third kappa shape index (κ3) is 5.32. The van der Waals surface area contributed by atoms with E-state index >= 15 is 0 Å². The fraction of sp³-hybridized carbons (Fsp3) is 0.667. The maximum Gasteiger partial charge on any atom is 0.196 e. The van der Waals surface area contributed by atoms with Crippen molar-refractivity contribution in [3.8, 4) is 0 Å². The lowest BCUT2D eigenvalue weighted by Crippen LogP contribution is -1.91. The van der Waals surface area contributed by atoms with Crippen LogP contribution in [0.2, 0.25) is 0 Å². The monoisotopic (exact) mass is 305 g/mol. The first kappa shape index (κ1) is 18.5. The third-order valence-electron chi connectivity index (χ3n) is 3.39. The van der Waals surface area contributed by atoms with E-state index in [1.165, 1.54) is 5.69 Å². The zero-order valence-corrected chi connectivity index (χ0v) is 15.3. The van der Waals surface area contributed by atoms with E-state index in [1.54, 1.807) is 0 Å². The zero-order chi connectivity index (χ0) is 16.9. The highest BCUT2D eigenvalue weighted by molar-refractivity contribution is 5.07. The number of hydrogen-bond donors (Lipinski definition) is 1. The number of oxazole rings is 1. The van der Waals surface area contributed by atoms with Gasteiger partial charge in [-0.1, -0.05) is 55.4 Å². The van der Waals surface area contributed by atoms with Crippen molar-refractivity contribution in [2.75, 3.05) is 0 Å². The Hall–Kier alpha value is -1.58. The van der Waals surface area contributed by atoms with Crippen molar-refractivity contribution in [2.24, 2.45) is 0 Å². The second kappa shape index (κ2) is 8.16. The largest absolute Gasteiger partial charge is 0.445 e. The average molecular weight is 305 g/mol. The molecule has 0 amide bonds. The van der Waals surface area contributed by atoms with Crippen molar-refractivity contribution < 1.29 is 4.42 Å². The normalized spacial score (nSPS) is 11.5. The van der Waals surface area contributed by atoms with Gasteiger partial charge in [0.1, 0.15) is 11.6 Å². The number of aromatic nitrogens is 3. The summed E-state index contributed by atoms with van der Waals surface area (Å²) in [5.74, 6) is 4.80. The van der Waals surface area contributed by atoms with Gasteiger partial charge in [0.05, 0.1) is 6.20 Å². The minimum atomic E-state index is 0.391. The molecule has 0 aliphatic carbocycles. The fourth-order valence-electron chi connectivity index (χ4n) is 1.77. The van der Waals surface area contributed by atoms with Crippen molar-refractivity contribution in [1.29, 1.82) is 0 Å². The van der Waals surface area contributed by atoms with Gasteiger partial charge in [0.15, 0.2) is 5.89 Å². The number of nitrogens with one attached hydrogen (secondary N) is 1. The maximum atomic E-state index is 5.50. The number of imidazole rings is 1. The topological polar surface area (TPSA) is 54.7 Å². The van der Waals surface area contributed by atoms with Gasteiger partial charge >= 0.3 is 0 Å². The molecule has 0 fully saturated rings. The zero-order valence-electron chi connectivity index (χ0n) is 15.3. The van der Waals surface area contributed by atoms with Crippen LogP contribution in [0, 0.1) is 0 Å². The van der Waals surface area contributed by atoms with Gasteiger partial charge in [0.25, 0.3) is 0 Å². The van der Waals surface area contributed by atoms with Gasteiger partial charge in [-0.05, 0) is 5.92 Å². The lowest BCUT2D eigenvalue weighted by Gasteiger charge is -2.00. The first-order valence-corrected chi connectivity index (χ1v) is 8.22. The molecule has 0 aliphatic rings. The summed E-state index contributed by atoms with van der Waals surface area (Å²) in [6, 6.07) is 0. The lowest BCUT2D eigenvalue weighted by molar-refractivity contribution is 0.422. The summed E-state index contributed by atoms with van der Waals surface area (Å²) < 4.78 is 5.50. The van der Waals surface area contributed by atoms with Crippen molar-refractivity contribution in [3.63, 3.8) is 0 Å². The molecule has 4 heteroatoms. The summed E-state index contributed by atoms with van der Waals surface area (Å²) in [5.41, 5.74) is 1.23. The first-order chi connectivity index (χ1) is 10.2. The van der Waals surface area contributed by atoms with E-state index in [1.807, 2.05) is 12.4 Å². The van der Waals surface area contributed by atoms with E-state index < -0.39 is 0 Å². The molecule has 0 spiro atoms. The number of nitrogens with zero attached hydrogens (tertiary/aromatic N) is 2. The molecule has 0 unspecified atom stereocenters. The van der Waals surface area contributed by atoms with E-state index in [2.05, 4.69) is 70.3 Å². The Kier molecular flexibility index (Phi) is 6.85. The molecule has 0 saturated heterocycles. The third-order valence-corrected chi connectivity index (χ3v) is 3.39. The molecule has 4 nitrogen and oxygen atoms in total. The van der Waals surface area contributed by atoms with Gasteiger partial charge in [-0.3, -0.25) is 0 Å². The van der Waals surface area contributed by atoms with Crippen LogP contribution >= 0.6 is 0 Å². The molecule has 0 atom stereocenters. The Bertz CT molecular complexity index is 455. The highest BCUT2D eigenvalue weighted by Crippen LogP contribution is 2.19. The molecule has 0 bridgehead atoms. The maximum absolute atomic E-state index is 5.50. The molecule has 124 valence electrons. The number of H-pyrrole nitrogens is 1. The van der Waals surface area contributed by atoms with Crippen LogP contribution in [-0.2, 0) is 0 Å². The molecular formula is C18H31N3O. The molecule has 1 N–H and O–H groups in total. The summed E-state index contributed by atoms with van der Waals surface area (Å²) in [6.07, 6.45) is 3.75. The Labute approximate surface area is 134 Å². The van der Waals surface area contributed by atoms with E-state index in [-0.39, 0.29) is 0 Å². The molecule has 0 radical (unpaired) electrons. The van der Waals surface area contributed by atoms with Crippen molar-refractivity contribution in [2.45, 2.75) is 79.1 Å². The molecule has 0 aliphatic heterocycles. The highest BCUT2D eigenvalue weighted by Gasteiger charge is 2.09. The summed E-state index contributed by atoms with van der Waals surface area (Å²) >= 11 is 0. The fourth-order valence-corrected chi connectivity index (χ4v) is 1.77. The Morgan fingerprint density at radius 2 is 1.41 bits per heavy atom. The van der Waals surface area contributed by atoms with Gasteiger partial charge in [-0.25, -0.2) is 9.97 Å². The predicted molar refractivity (Wildman–Crippen MR) is 91.4 cm³/mol. The number of aromatic amines is 1. The van der Waals surface area contributed by atoms with Crippen LogP contribution in [0.4, 0.5) is 0 Å². The summed E-state index contributed by atoms with van der Waals surface area (Å²) in [7, 11) is 0. The summed E-state index contributed by atoms with van der Waals surface area (Å²) in [4.78, 5) is 11.8. The Morgan fingerprint density at radius 3 is 1.68 bits per heavy atom. The number of hydrogen-bond acceptors (Lipinski definition) is 3. The van der Waals surface area contributed by atoms with Gasteiger partial charge in [0, 0.05) is 29.6 Å². The lowest BCUT2D eigenvalue weighted by atomic mass is 10.1. The van der Waals surface area contributed by atoms with Gasteiger partial charge in [0.2, 0.25) is 0 Å². The van der Waals surface area contributed by atoms with Crippen LogP contribution in [-0.4, -0.2) is 15.0 Å². The first-order valence-electron chi connectivity index (χ1n) is 8.22. The smallest absolute Gasteiger partial charge is 0.196 e. The van der Waals surface area contributed by atoms with Crippen LogP contribution in [0.25, 0.3) is 0 Å². The van der Waals surface area contributed by atoms with E-state index in [0.29, 0.717) is 23.7 Å². The van der Waals surface area contributed by atoms with Crippen LogP contribution in [0.5, 0.6) is 0 Å². The minimum Gasteiger partial charge on any atom is -0.445 e. The van der Waals surface area contributed by atoms with Crippen molar-refractivity contribution in [3.05, 3.63) is 35.6 Å². The predicted octanol–water partition coefficient (Wildman–Crippen LogP) is 5.58. The van der Waals surface area contributed by atoms with Crippen molar-refractivity contribution in [1.82, 2.24) is 15.0 Å². The summed E-state index contributed by atoms with van der Waals surface area (Å²) in [6.45, 7) is 17.0. The highest BCUT2D eigenvalue weighted by atomic mass is 16.4. The van der Waals surface area contributed by atoms with E-state index in [4.69, 9.17) is 4.42 Å². The number of rotatable bonds is 4. The second-order valence-electron chi connectivity index (χ2n) is 6.94. The van der Waals surface area contributed by atoms with Gasteiger partial charge in [-0.2, -0.15) is 0 Å². The molecule has 0 aromatic carbocycles. The average Bonchev–Trinajstić information content (AvgIpc) is 3.09. The molecule has 2 aromatic rings. The standard InChI is InChI=1S/C9H16N2.C9H15NO/c2*1-6(2)8-5-10-9(11-8)7(3)4/h5-7H,1-4H3,(H,10,11);5-7H,1-4H3. The van der Waals surface area contributed by atoms with Gasteiger partial charge < -0.3 is 9.40 Å². The second-order valence-corrected chi connectivity index (χ2v) is 6.94.